The number of nitrogens with zero attached hydrogens (tertiary/aromatic N) is 1. The summed E-state index contributed by atoms with van der Waals surface area (Å²) in [5.41, 5.74) is 0.732. The molecule has 1 heterocycles. The van der Waals surface area contributed by atoms with E-state index in [0.29, 0.717) is 0 Å². The summed E-state index contributed by atoms with van der Waals surface area (Å²) in [5.74, 6) is -0.486. The van der Waals surface area contributed by atoms with Gasteiger partial charge in [0.15, 0.2) is 5.13 Å². The first-order chi connectivity index (χ1) is 11.5. The maximum atomic E-state index is 13.0. The number of nitrogens with one attached hydrogen (secondary N) is 1. The minimum absolute atomic E-state index is 0.00647. The van der Waals surface area contributed by atoms with Crippen molar-refractivity contribution in [3.63, 3.8) is 0 Å². The van der Waals surface area contributed by atoms with Crippen molar-refractivity contribution in [1.29, 1.82) is 0 Å². The maximum absolute atomic E-state index is 13.0. The largest absolute Gasteiger partial charge is 0.263 e. The highest BCUT2D eigenvalue weighted by molar-refractivity contribution is 7.93. The molecule has 0 aliphatic carbocycles. The van der Waals surface area contributed by atoms with Gasteiger partial charge in [-0.2, -0.15) is 0 Å². The van der Waals surface area contributed by atoms with Crippen LogP contribution >= 0.6 is 11.3 Å². The summed E-state index contributed by atoms with van der Waals surface area (Å²) in [4.78, 5) is 4.34. The van der Waals surface area contributed by atoms with Crippen molar-refractivity contribution >= 4 is 47.5 Å². The van der Waals surface area contributed by atoms with E-state index >= 15 is 0 Å². The Balaban J connectivity index is 1.77. The molecule has 4 nitrogen and oxygen atoms in total. The van der Waals surface area contributed by atoms with Crippen LogP contribution in [0.5, 0.6) is 0 Å². The standard InChI is InChI=1S/C17H11FN2O2S2/c18-12-6-8-13(9-7-12)24(21,22)20-17-19-15-10-5-11-3-1-2-4-14(11)16(15)23-17/h1-10H,(H,19,20). The lowest BCUT2D eigenvalue weighted by molar-refractivity contribution is 0.599. The molecule has 120 valence electrons. The van der Waals surface area contributed by atoms with Gasteiger partial charge in [0, 0.05) is 5.39 Å². The highest BCUT2D eigenvalue weighted by Gasteiger charge is 2.17. The van der Waals surface area contributed by atoms with Gasteiger partial charge in [0.25, 0.3) is 10.0 Å². The summed E-state index contributed by atoms with van der Waals surface area (Å²) >= 11 is 1.28. The number of thiazole rings is 1. The first-order valence-electron chi connectivity index (χ1n) is 7.10. The van der Waals surface area contributed by atoms with E-state index in [1.165, 1.54) is 23.5 Å². The van der Waals surface area contributed by atoms with Crippen molar-refractivity contribution in [3.8, 4) is 0 Å². The molecule has 4 aromatic rings. The topological polar surface area (TPSA) is 59.1 Å². The molecule has 0 saturated heterocycles. The van der Waals surface area contributed by atoms with Crippen molar-refractivity contribution < 1.29 is 12.8 Å². The van der Waals surface area contributed by atoms with Crippen LogP contribution in [0.3, 0.4) is 0 Å². The molecule has 1 aromatic heterocycles. The molecule has 0 fully saturated rings. The van der Waals surface area contributed by atoms with Crippen molar-refractivity contribution in [1.82, 2.24) is 4.98 Å². The maximum Gasteiger partial charge on any atom is 0.263 e. The van der Waals surface area contributed by atoms with Crippen LogP contribution in [0.15, 0.2) is 65.6 Å². The highest BCUT2D eigenvalue weighted by Crippen LogP contribution is 2.33. The van der Waals surface area contributed by atoms with Gasteiger partial charge in [-0.15, -0.1) is 0 Å². The quantitative estimate of drug-likeness (QED) is 0.591. The average Bonchev–Trinajstić information content (AvgIpc) is 2.97. The zero-order valence-corrected chi connectivity index (χ0v) is 13.9. The number of aromatic nitrogens is 1. The Hall–Kier alpha value is -2.51. The van der Waals surface area contributed by atoms with Crippen molar-refractivity contribution in [2.75, 3.05) is 4.72 Å². The van der Waals surface area contributed by atoms with Crippen molar-refractivity contribution in [2.24, 2.45) is 0 Å². The number of rotatable bonds is 3. The molecule has 0 saturated carbocycles. The van der Waals surface area contributed by atoms with E-state index in [1.54, 1.807) is 0 Å². The first-order valence-corrected chi connectivity index (χ1v) is 9.40. The molecule has 0 bridgehead atoms. The van der Waals surface area contributed by atoms with Gasteiger partial charge in [0.2, 0.25) is 0 Å². The van der Waals surface area contributed by atoms with E-state index < -0.39 is 15.8 Å². The van der Waals surface area contributed by atoms with E-state index in [4.69, 9.17) is 0 Å². The van der Waals surface area contributed by atoms with E-state index in [1.807, 2.05) is 36.4 Å². The number of benzene rings is 3. The molecule has 24 heavy (non-hydrogen) atoms. The average molecular weight is 358 g/mol. The molecule has 0 aliphatic rings. The Morgan fingerprint density at radius 3 is 2.50 bits per heavy atom. The molecule has 0 unspecified atom stereocenters. The fourth-order valence-electron chi connectivity index (χ4n) is 2.49. The van der Waals surface area contributed by atoms with Crippen LogP contribution in [-0.2, 0) is 10.0 Å². The molecule has 0 spiro atoms. The van der Waals surface area contributed by atoms with Crippen LogP contribution in [-0.4, -0.2) is 13.4 Å². The fraction of sp³-hybridized carbons (Fsp3) is 0. The minimum Gasteiger partial charge on any atom is -0.255 e. The Bertz CT molecular complexity index is 1150. The van der Waals surface area contributed by atoms with Crippen LogP contribution < -0.4 is 4.72 Å². The second kappa shape index (κ2) is 5.54. The normalized spacial score (nSPS) is 11.9. The van der Waals surface area contributed by atoms with Crippen LogP contribution in [0.4, 0.5) is 9.52 Å². The molecule has 1 N–H and O–H groups in total. The monoisotopic (exact) mass is 358 g/mol. The molecular weight excluding hydrogens is 347 g/mol. The highest BCUT2D eigenvalue weighted by atomic mass is 32.2. The zero-order valence-electron chi connectivity index (χ0n) is 12.2. The molecule has 4 rings (SSSR count). The Morgan fingerprint density at radius 1 is 0.958 bits per heavy atom. The molecular formula is C17H11FN2O2S2. The van der Waals surface area contributed by atoms with Crippen molar-refractivity contribution in [2.45, 2.75) is 4.90 Å². The van der Waals surface area contributed by atoms with Gasteiger partial charge < -0.3 is 0 Å². The summed E-state index contributed by atoms with van der Waals surface area (Å²) < 4.78 is 41.1. The van der Waals surface area contributed by atoms with Crippen LogP contribution in [0, 0.1) is 5.82 Å². The summed E-state index contributed by atoms with van der Waals surface area (Å²) in [6.07, 6.45) is 0. The summed E-state index contributed by atoms with van der Waals surface area (Å²) in [6, 6.07) is 16.4. The predicted molar refractivity (Wildman–Crippen MR) is 94.3 cm³/mol. The first kappa shape index (κ1) is 15.0. The fourth-order valence-corrected chi connectivity index (χ4v) is 4.72. The van der Waals surface area contributed by atoms with Gasteiger partial charge in [0.05, 0.1) is 15.1 Å². The molecule has 0 atom stereocenters. The van der Waals surface area contributed by atoms with Gasteiger partial charge in [0.1, 0.15) is 5.82 Å². The SMILES string of the molecule is O=S(=O)(Nc1nc2ccc3ccccc3c2s1)c1ccc(F)cc1. The predicted octanol–water partition coefficient (Wildman–Crippen LogP) is 4.39. The van der Waals surface area contributed by atoms with Crippen LogP contribution in [0.25, 0.3) is 21.0 Å². The van der Waals surface area contributed by atoms with Gasteiger partial charge in [-0.25, -0.2) is 17.8 Å². The number of halogens is 1. The van der Waals surface area contributed by atoms with Crippen LogP contribution in [0.2, 0.25) is 0 Å². The zero-order chi connectivity index (χ0) is 16.7. The lowest BCUT2D eigenvalue weighted by atomic mass is 10.1. The lowest BCUT2D eigenvalue weighted by Gasteiger charge is -2.04. The lowest BCUT2D eigenvalue weighted by Crippen LogP contribution is -2.12. The number of hydrogen-bond donors (Lipinski definition) is 1. The molecule has 3 aromatic carbocycles. The summed E-state index contributed by atoms with van der Waals surface area (Å²) in [6.45, 7) is 0. The minimum atomic E-state index is -3.80. The summed E-state index contributed by atoms with van der Waals surface area (Å²) in [5, 5.41) is 2.38. The van der Waals surface area contributed by atoms with Crippen LogP contribution in [0.1, 0.15) is 0 Å². The van der Waals surface area contributed by atoms with Crippen molar-refractivity contribution in [3.05, 3.63) is 66.5 Å². The summed E-state index contributed by atoms with van der Waals surface area (Å²) in [7, 11) is -3.80. The third-order valence-electron chi connectivity index (χ3n) is 3.63. The molecule has 0 amide bonds. The number of fused-ring (bicyclic) bond motifs is 3. The number of hydrogen-bond acceptors (Lipinski definition) is 4. The van der Waals surface area contributed by atoms with Gasteiger partial charge in [-0.1, -0.05) is 41.7 Å². The van der Waals surface area contributed by atoms with Gasteiger partial charge >= 0.3 is 0 Å². The third-order valence-corrected chi connectivity index (χ3v) is 6.13. The third kappa shape index (κ3) is 2.61. The molecule has 0 aliphatic heterocycles. The number of sulfonamides is 1. The molecule has 0 radical (unpaired) electrons. The second-order valence-electron chi connectivity index (χ2n) is 5.21. The molecule has 7 heteroatoms. The Morgan fingerprint density at radius 2 is 1.71 bits per heavy atom. The van der Waals surface area contributed by atoms with E-state index in [0.717, 1.165) is 33.1 Å². The Labute approximate surface area is 141 Å². The Kier molecular flexibility index (Phi) is 3.47. The van der Waals surface area contributed by atoms with E-state index in [2.05, 4.69) is 9.71 Å². The van der Waals surface area contributed by atoms with Gasteiger partial charge in [-0.05, 0) is 35.7 Å². The smallest absolute Gasteiger partial charge is 0.255 e. The second-order valence-corrected chi connectivity index (χ2v) is 7.89. The van der Waals surface area contributed by atoms with Gasteiger partial charge in [-0.3, -0.25) is 4.72 Å². The van der Waals surface area contributed by atoms with E-state index in [9.17, 15) is 12.8 Å². The van der Waals surface area contributed by atoms with E-state index in [-0.39, 0.29) is 10.0 Å². The number of anilines is 1.